The number of ketones is 1. The van der Waals surface area contributed by atoms with E-state index >= 15 is 0 Å². The van der Waals surface area contributed by atoms with Gasteiger partial charge in [-0.15, -0.1) is 12.4 Å². The Balaban J connectivity index is 0.000000845. The summed E-state index contributed by atoms with van der Waals surface area (Å²) < 4.78 is 0. The van der Waals surface area contributed by atoms with Gasteiger partial charge in [-0.2, -0.15) is 0 Å². The molecule has 0 heterocycles. The molecule has 2 bridgehead atoms. The summed E-state index contributed by atoms with van der Waals surface area (Å²) in [5.74, 6) is 2.10. The van der Waals surface area contributed by atoms with Crippen molar-refractivity contribution >= 4 is 18.2 Å². The molecule has 0 radical (unpaired) electrons. The number of Topliss-reactive ketones (excluding diaryl/α,β-unsaturated/α-hetero) is 1. The van der Waals surface area contributed by atoms with Crippen LogP contribution in [0.25, 0.3) is 0 Å². The summed E-state index contributed by atoms with van der Waals surface area (Å²) in [5.41, 5.74) is 0. The highest BCUT2D eigenvalue weighted by Crippen LogP contribution is 2.45. The Morgan fingerprint density at radius 1 is 1.38 bits per heavy atom. The van der Waals surface area contributed by atoms with Gasteiger partial charge in [0, 0.05) is 18.4 Å². The van der Waals surface area contributed by atoms with E-state index in [4.69, 9.17) is 0 Å². The van der Waals surface area contributed by atoms with Crippen molar-refractivity contribution in [1.82, 2.24) is 4.90 Å². The minimum absolute atomic E-state index is 0. The Bertz CT molecular complexity index is 205. The Morgan fingerprint density at radius 3 is 2.54 bits per heavy atom. The maximum atomic E-state index is 11.7. The molecule has 0 aromatic rings. The van der Waals surface area contributed by atoms with Gasteiger partial charge in [-0.25, -0.2) is 0 Å². The van der Waals surface area contributed by atoms with Crippen LogP contribution in [0.15, 0.2) is 0 Å². The van der Waals surface area contributed by atoms with Crippen molar-refractivity contribution in [1.29, 1.82) is 0 Å². The van der Waals surface area contributed by atoms with E-state index in [1.165, 1.54) is 19.3 Å². The van der Waals surface area contributed by atoms with Gasteiger partial charge in [0.15, 0.2) is 0 Å². The van der Waals surface area contributed by atoms with Crippen molar-refractivity contribution in [3.8, 4) is 0 Å². The van der Waals surface area contributed by atoms with E-state index < -0.39 is 0 Å². The molecule has 2 fully saturated rings. The van der Waals surface area contributed by atoms with E-state index in [0.717, 1.165) is 12.5 Å². The van der Waals surface area contributed by atoms with E-state index in [9.17, 15) is 4.79 Å². The monoisotopic (exact) mass is 203 g/mol. The van der Waals surface area contributed by atoms with Crippen LogP contribution in [0.1, 0.15) is 19.3 Å². The van der Waals surface area contributed by atoms with Crippen LogP contribution in [0.2, 0.25) is 0 Å². The van der Waals surface area contributed by atoms with Gasteiger partial charge in [0.05, 0.1) is 0 Å². The quantitative estimate of drug-likeness (QED) is 0.680. The topological polar surface area (TPSA) is 20.3 Å². The number of fused-ring (bicyclic) bond motifs is 2. The van der Waals surface area contributed by atoms with Gasteiger partial charge in [0.25, 0.3) is 0 Å². The second-order valence-corrected chi connectivity index (χ2v) is 4.54. The SMILES string of the molecule is CN(C)C[C@@H]1C(=O)[C@@H]2CCC1C2.Cl. The van der Waals surface area contributed by atoms with Crippen LogP contribution in [0.4, 0.5) is 0 Å². The Hall–Kier alpha value is -0.0800. The first-order chi connectivity index (χ1) is 5.68. The first kappa shape index (κ1) is 11.0. The number of hydrogen-bond acceptors (Lipinski definition) is 2. The minimum atomic E-state index is 0. The molecule has 2 aliphatic rings. The summed E-state index contributed by atoms with van der Waals surface area (Å²) in [6, 6.07) is 0. The Kier molecular flexibility index (Phi) is 3.36. The normalized spacial score (nSPS) is 36.8. The number of rotatable bonds is 2. The Morgan fingerprint density at radius 2 is 2.08 bits per heavy atom. The van der Waals surface area contributed by atoms with Crippen molar-refractivity contribution in [2.45, 2.75) is 19.3 Å². The molecule has 0 aromatic heterocycles. The molecule has 0 aliphatic heterocycles. The van der Waals surface area contributed by atoms with Crippen LogP contribution < -0.4 is 0 Å². The third-order valence-corrected chi connectivity index (χ3v) is 3.37. The second-order valence-electron chi connectivity index (χ2n) is 4.54. The molecule has 2 aliphatic carbocycles. The van der Waals surface area contributed by atoms with E-state index in [-0.39, 0.29) is 12.4 Å². The van der Waals surface area contributed by atoms with Gasteiger partial charge in [-0.1, -0.05) is 0 Å². The first-order valence-electron chi connectivity index (χ1n) is 4.87. The molecule has 0 spiro atoms. The number of hydrogen-bond donors (Lipinski definition) is 0. The number of halogens is 1. The van der Waals surface area contributed by atoms with Gasteiger partial charge in [-0.05, 0) is 39.3 Å². The highest BCUT2D eigenvalue weighted by atomic mass is 35.5. The van der Waals surface area contributed by atoms with Crippen LogP contribution >= 0.6 is 12.4 Å². The maximum absolute atomic E-state index is 11.7. The van der Waals surface area contributed by atoms with Crippen molar-refractivity contribution in [3.05, 3.63) is 0 Å². The summed E-state index contributed by atoms with van der Waals surface area (Å²) in [4.78, 5) is 13.8. The van der Waals surface area contributed by atoms with Crippen LogP contribution in [0, 0.1) is 17.8 Å². The van der Waals surface area contributed by atoms with Crippen molar-refractivity contribution in [3.63, 3.8) is 0 Å². The third-order valence-electron chi connectivity index (χ3n) is 3.37. The van der Waals surface area contributed by atoms with Crippen LogP contribution in [0.5, 0.6) is 0 Å². The standard InChI is InChI=1S/C10H17NO.ClH/c1-11(2)6-9-7-3-4-8(5-7)10(9)12;/h7-9H,3-6H2,1-2H3;1H/t7?,8-,9+;/m1./s1. The number of carbonyl (C=O) groups excluding carboxylic acids is 1. The van der Waals surface area contributed by atoms with E-state index in [1.807, 2.05) is 0 Å². The lowest BCUT2D eigenvalue weighted by Gasteiger charge is -2.23. The zero-order valence-corrected chi connectivity index (χ0v) is 9.14. The van der Waals surface area contributed by atoms with Gasteiger partial charge in [-0.3, -0.25) is 4.79 Å². The molecule has 2 saturated carbocycles. The molecule has 2 nitrogen and oxygen atoms in total. The predicted molar refractivity (Wildman–Crippen MR) is 55.1 cm³/mol. The lowest BCUT2D eigenvalue weighted by molar-refractivity contribution is -0.126. The molecular weight excluding hydrogens is 186 g/mol. The summed E-state index contributed by atoms with van der Waals surface area (Å²) in [6.07, 6.45) is 3.67. The van der Waals surface area contributed by atoms with Gasteiger partial charge < -0.3 is 4.90 Å². The molecule has 0 saturated heterocycles. The average Bonchev–Trinajstić information content (AvgIpc) is 2.53. The summed E-state index contributed by atoms with van der Waals surface area (Å²) in [7, 11) is 4.11. The zero-order valence-electron chi connectivity index (χ0n) is 8.32. The fourth-order valence-corrected chi connectivity index (χ4v) is 2.81. The molecule has 3 heteroatoms. The highest BCUT2D eigenvalue weighted by molar-refractivity contribution is 5.87. The lowest BCUT2D eigenvalue weighted by Crippen LogP contribution is -2.31. The summed E-state index contributed by atoms with van der Waals surface area (Å²) >= 11 is 0. The predicted octanol–water partition coefficient (Wildman–Crippen LogP) is 1.58. The lowest BCUT2D eigenvalue weighted by atomic mass is 9.87. The maximum Gasteiger partial charge on any atom is 0.140 e. The fourth-order valence-electron chi connectivity index (χ4n) is 2.81. The fraction of sp³-hybridized carbons (Fsp3) is 0.900. The third kappa shape index (κ3) is 1.89. The van der Waals surface area contributed by atoms with Crippen LogP contribution in [-0.4, -0.2) is 31.3 Å². The molecule has 13 heavy (non-hydrogen) atoms. The van der Waals surface area contributed by atoms with E-state index in [2.05, 4.69) is 19.0 Å². The molecule has 1 unspecified atom stereocenters. The molecule has 0 amide bonds. The highest BCUT2D eigenvalue weighted by Gasteiger charge is 2.46. The van der Waals surface area contributed by atoms with Crippen LogP contribution in [-0.2, 0) is 4.79 Å². The molecule has 0 N–H and O–H groups in total. The average molecular weight is 204 g/mol. The van der Waals surface area contributed by atoms with E-state index in [0.29, 0.717) is 17.6 Å². The smallest absolute Gasteiger partial charge is 0.140 e. The van der Waals surface area contributed by atoms with Gasteiger partial charge in [0.1, 0.15) is 5.78 Å². The molecule has 2 rings (SSSR count). The number of nitrogens with zero attached hydrogens (tertiary/aromatic N) is 1. The largest absolute Gasteiger partial charge is 0.309 e. The van der Waals surface area contributed by atoms with Gasteiger partial charge in [0.2, 0.25) is 0 Å². The zero-order chi connectivity index (χ0) is 8.72. The molecule has 0 aromatic carbocycles. The molecule has 3 atom stereocenters. The number of carbonyl (C=O) groups is 1. The minimum Gasteiger partial charge on any atom is -0.309 e. The second kappa shape index (κ2) is 3.97. The van der Waals surface area contributed by atoms with Gasteiger partial charge >= 0.3 is 0 Å². The Labute approximate surface area is 86.1 Å². The van der Waals surface area contributed by atoms with Crippen molar-refractivity contribution < 1.29 is 4.79 Å². The summed E-state index contributed by atoms with van der Waals surface area (Å²) in [6.45, 7) is 0.972. The first-order valence-corrected chi connectivity index (χ1v) is 4.87. The molecular formula is C10H18ClNO. The van der Waals surface area contributed by atoms with Crippen molar-refractivity contribution in [2.24, 2.45) is 17.8 Å². The van der Waals surface area contributed by atoms with E-state index in [1.54, 1.807) is 0 Å². The summed E-state index contributed by atoms with van der Waals surface area (Å²) in [5, 5.41) is 0. The van der Waals surface area contributed by atoms with Crippen LogP contribution in [0.3, 0.4) is 0 Å². The van der Waals surface area contributed by atoms with Crippen molar-refractivity contribution in [2.75, 3.05) is 20.6 Å². The molecule has 76 valence electrons.